The summed E-state index contributed by atoms with van der Waals surface area (Å²) >= 11 is 0. The molecule has 0 unspecified atom stereocenters. The molecule has 5 rings (SSSR count). The minimum atomic E-state index is -3.49. The average Bonchev–Trinajstić information content (AvgIpc) is 3.50. The maximum Gasteiger partial charge on any atom is 0.255 e. The molecular weight excluding hydrogens is 424 g/mol. The molecule has 1 fully saturated rings. The predicted molar refractivity (Wildman–Crippen MR) is 124 cm³/mol. The number of hydrogen-bond acceptors (Lipinski definition) is 4. The lowest BCUT2D eigenvalue weighted by Gasteiger charge is -2.15. The standard InChI is InChI=1S/C24H22N4O3S/c29-24(18-9-13-20(14-10-18)32(30,31)28-15-3-4-16-28)25-19-11-7-17(8-12-19)23-26-21-5-1-2-6-22(21)27-23/h1-2,5-14H,3-4,15-16H2,(H,25,29)(H,26,27). The highest BCUT2D eigenvalue weighted by molar-refractivity contribution is 7.89. The Bertz CT molecular complexity index is 1340. The summed E-state index contributed by atoms with van der Waals surface area (Å²) in [5.74, 6) is 0.463. The van der Waals surface area contributed by atoms with Gasteiger partial charge in [0.05, 0.1) is 15.9 Å². The number of benzene rings is 3. The molecule has 1 amide bonds. The van der Waals surface area contributed by atoms with Crippen LogP contribution in [0.5, 0.6) is 0 Å². The van der Waals surface area contributed by atoms with Crippen molar-refractivity contribution < 1.29 is 13.2 Å². The van der Waals surface area contributed by atoms with Crippen molar-refractivity contribution in [3.8, 4) is 11.4 Å². The molecule has 2 heterocycles. The van der Waals surface area contributed by atoms with E-state index in [2.05, 4.69) is 15.3 Å². The molecule has 4 aromatic rings. The van der Waals surface area contributed by atoms with Crippen LogP contribution in [-0.4, -0.2) is 41.7 Å². The first-order chi connectivity index (χ1) is 15.5. The topological polar surface area (TPSA) is 95.2 Å². The second kappa shape index (κ2) is 8.22. The van der Waals surface area contributed by atoms with E-state index in [1.807, 2.05) is 48.5 Å². The summed E-state index contributed by atoms with van der Waals surface area (Å²) in [6, 6.07) is 21.3. The zero-order valence-electron chi connectivity index (χ0n) is 17.3. The van der Waals surface area contributed by atoms with E-state index in [-0.39, 0.29) is 10.8 Å². The summed E-state index contributed by atoms with van der Waals surface area (Å²) in [5, 5.41) is 2.85. The maximum atomic E-state index is 12.6. The highest BCUT2D eigenvalue weighted by Crippen LogP contribution is 2.23. The van der Waals surface area contributed by atoms with E-state index in [1.54, 1.807) is 12.1 Å². The monoisotopic (exact) mass is 446 g/mol. The van der Waals surface area contributed by atoms with E-state index < -0.39 is 10.0 Å². The summed E-state index contributed by atoms with van der Waals surface area (Å²) in [6.45, 7) is 1.10. The van der Waals surface area contributed by atoms with E-state index in [4.69, 9.17) is 0 Å². The van der Waals surface area contributed by atoms with Gasteiger partial charge in [-0.25, -0.2) is 13.4 Å². The van der Waals surface area contributed by atoms with Gasteiger partial charge >= 0.3 is 0 Å². The molecule has 2 N–H and O–H groups in total. The van der Waals surface area contributed by atoms with Gasteiger partial charge < -0.3 is 10.3 Å². The molecule has 0 saturated carbocycles. The van der Waals surface area contributed by atoms with Crippen LogP contribution in [0.2, 0.25) is 0 Å². The number of hydrogen-bond donors (Lipinski definition) is 2. The van der Waals surface area contributed by atoms with Crippen molar-refractivity contribution in [3.63, 3.8) is 0 Å². The summed E-state index contributed by atoms with van der Waals surface area (Å²) in [6.07, 6.45) is 1.77. The zero-order valence-corrected chi connectivity index (χ0v) is 18.1. The summed E-state index contributed by atoms with van der Waals surface area (Å²) < 4.78 is 26.8. The van der Waals surface area contributed by atoms with Crippen molar-refractivity contribution in [2.75, 3.05) is 18.4 Å². The van der Waals surface area contributed by atoms with Gasteiger partial charge in [-0.3, -0.25) is 4.79 Å². The number of carbonyl (C=O) groups is 1. The van der Waals surface area contributed by atoms with Crippen LogP contribution in [0.3, 0.4) is 0 Å². The molecule has 0 bridgehead atoms. The van der Waals surface area contributed by atoms with Crippen molar-refractivity contribution >= 4 is 32.7 Å². The zero-order chi connectivity index (χ0) is 22.1. The molecule has 8 heteroatoms. The third-order valence-electron chi connectivity index (χ3n) is 5.62. The molecule has 7 nitrogen and oxygen atoms in total. The van der Waals surface area contributed by atoms with E-state index in [0.29, 0.717) is 24.3 Å². The number of nitrogens with one attached hydrogen (secondary N) is 2. The molecule has 1 aromatic heterocycles. The van der Waals surface area contributed by atoms with Crippen LogP contribution >= 0.6 is 0 Å². The summed E-state index contributed by atoms with van der Waals surface area (Å²) in [7, 11) is -3.49. The molecule has 1 saturated heterocycles. The molecular formula is C24H22N4O3S. The molecule has 0 aliphatic carbocycles. The molecule has 32 heavy (non-hydrogen) atoms. The normalized spacial score (nSPS) is 14.6. The van der Waals surface area contributed by atoms with Gasteiger partial charge in [0.25, 0.3) is 5.91 Å². The number of para-hydroxylation sites is 2. The van der Waals surface area contributed by atoms with Crippen LogP contribution < -0.4 is 5.32 Å². The number of carbonyl (C=O) groups excluding carboxylic acids is 1. The maximum absolute atomic E-state index is 12.6. The Balaban J connectivity index is 1.28. The summed E-state index contributed by atoms with van der Waals surface area (Å²) in [5.41, 5.74) is 3.82. The number of sulfonamides is 1. The number of imidazole rings is 1. The highest BCUT2D eigenvalue weighted by atomic mass is 32.2. The number of anilines is 1. The Morgan fingerprint density at radius 2 is 1.59 bits per heavy atom. The van der Waals surface area contributed by atoms with Crippen LogP contribution in [0.15, 0.2) is 77.7 Å². The Kier molecular flexibility index (Phi) is 5.24. The van der Waals surface area contributed by atoms with Gasteiger partial charge in [0.15, 0.2) is 0 Å². The van der Waals surface area contributed by atoms with Gasteiger partial charge in [-0.1, -0.05) is 12.1 Å². The van der Waals surface area contributed by atoms with Gasteiger partial charge in [0.2, 0.25) is 10.0 Å². The predicted octanol–water partition coefficient (Wildman–Crippen LogP) is 4.27. The quantitative estimate of drug-likeness (QED) is 0.479. The number of amides is 1. The van der Waals surface area contributed by atoms with Crippen LogP contribution in [-0.2, 0) is 10.0 Å². The lowest BCUT2D eigenvalue weighted by atomic mass is 10.1. The molecule has 0 spiro atoms. The Morgan fingerprint density at radius 3 is 2.28 bits per heavy atom. The number of fused-ring (bicyclic) bond motifs is 1. The largest absolute Gasteiger partial charge is 0.338 e. The Hall–Kier alpha value is -3.49. The third-order valence-corrected chi connectivity index (χ3v) is 7.54. The van der Waals surface area contributed by atoms with Gasteiger partial charge in [-0.05, 0) is 73.5 Å². The fourth-order valence-electron chi connectivity index (χ4n) is 3.86. The smallest absolute Gasteiger partial charge is 0.255 e. The van der Waals surface area contributed by atoms with Crippen LogP contribution in [0, 0.1) is 0 Å². The number of H-pyrrole nitrogens is 1. The average molecular weight is 447 g/mol. The molecule has 1 aliphatic heterocycles. The highest BCUT2D eigenvalue weighted by Gasteiger charge is 2.27. The van der Waals surface area contributed by atoms with Crippen molar-refractivity contribution in [2.24, 2.45) is 0 Å². The fraction of sp³-hybridized carbons (Fsp3) is 0.167. The molecule has 162 valence electrons. The van der Waals surface area contributed by atoms with Crippen molar-refractivity contribution in [1.82, 2.24) is 14.3 Å². The first-order valence-corrected chi connectivity index (χ1v) is 11.9. The van der Waals surface area contributed by atoms with Crippen LogP contribution in [0.25, 0.3) is 22.4 Å². The van der Waals surface area contributed by atoms with Gasteiger partial charge in [0, 0.05) is 29.9 Å². The molecule has 0 radical (unpaired) electrons. The van der Waals surface area contributed by atoms with Crippen molar-refractivity contribution in [3.05, 3.63) is 78.4 Å². The lowest BCUT2D eigenvalue weighted by Crippen LogP contribution is -2.27. The van der Waals surface area contributed by atoms with E-state index in [0.717, 1.165) is 35.3 Å². The van der Waals surface area contributed by atoms with E-state index >= 15 is 0 Å². The fourth-order valence-corrected chi connectivity index (χ4v) is 5.38. The minimum Gasteiger partial charge on any atom is -0.338 e. The lowest BCUT2D eigenvalue weighted by molar-refractivity contribution is 0.102. The van der Waals surface area contributed by atoms with Crippen molar-refractivity contribution in [1.29, 1.82) is 0 Å². The number of nitrogens with zero attached hydrogens (tertiary/aromatic N) is 2. The number of aromatic nitrogens is 2. The first-order valence-electron chi connectivity index (χ1n) is 10.5. The van der Waals surface area contributed by atoms with Crippen LogP contribution in [0.4, 0.5) is 5.69 Å². The molecule has 3 aromatic carbocycles. The number of aromatic amines is 1. The van der Waals surface area contributed by atoms with E-state index in [1.165, 1.54) is 16.4 Å². The van der Waals surface area contributed by atoms with E-state index in [9.17, 15) is 13.2 Å². The van der Waals surface area contributed by atoms with Gasteiger partial charge in [-0.15, -0.1) is 0 Å². The second-order valence-electron chi connectivity index (χ2n) is 7.77. The SMILES string of the molecule is O=C(Nc1ccc(-c2nc3ccccc3[nH]2)cc1)c1ccc(S(=O)(=O)N2CCCC2)cc1. The molecule has 1 aliphatic rings. The first kappa shape index (κ1) is 20.4. The Labute approximate surface area is 186 Å². The van der Waals surface area contributed by atoms with Gasteiger partial charge in [-0.2, -0.15) is 4.31 Å². The number of rotatable bonds is 5. The van der Waals surface area contributed by atoms with Crippen molar-refractivity contribution in [2.45, 2.75) is 17.7 Å². The minimum absolute atomic E-state index is 0.214. The second-order valence-corrected chi connectivity index (χ2v) is 9.71. The Morgan fingerprint density at radius 1 is 0.906 bits per heavy atom. The van der Waals surface area contributed by atoms with Crippen LogP contribution in [0.1, 0.15) is 23.2 Å². The van der Waals surface area contributed by atoms with Gasteiger partial charge in [0.1, 0.15) is 5.82 Å². The third kappa shape index (κ3) is 3.90. The molecule has 0 atom stereocenters. The summed E-state index contributed by atoms with van der Waals surface area (Å²) in [4.78, 5) is 20.7.